The molecule has 1 aliphatic carbocycles. The molecule has 0 aromatic heterocycles. The number of benzene rings is 5. The van der Waals surface area contributed by atoms with E-state index >= 15 is 0 Å². The molecule has 5 aromatic carbocycles. The zero-order valence-electron chi connectivity index (χ0n) is 30.4. The van der Waals surface area contributed by atoms with Crippen molar-refractivity contribution in [2.75, 3.05) is 33.4 Å². The van der Waals surface area contributed by atoms with E-state index in [4.69, 9.17) is 14.2 Å². The molecule has 1 aliphatic rings. The molecule has 2 unspecified atom stereocenters. The monoisotopic (exact) mass is 681 g/mol. The van der Waals surface area contributed by atoms with Gasteiger partial charge in [0, 0.05) is 19.6 Å². The van der Waals surface area contributed by atoms with Crippen LogP contribution in [-0.2, 0) is 52.8 Å². The summed E-state index contributed by atoms with van der Waals surface area (Å²) in [4.78, 5) is 14.8. The lowest BCUT2D eigenvalue weighted by Gasteiger charge is -2.31. The summed E-state index contributed by atoms with van der Waals surface area (Å²) in [6, 6.07) is 44.0. The molecule has 264 valence electrons. The van der Waals surface area contributed by atoms with Crippen molar-refractivity contribution in [2.45, 2.75) is 64.5 Å². The third-order valence-electron chi connectivity index (χ3n) is 9.88. The Morgan fingerprint density at radius 2 is 1.27 bits per heavy atom. The van der Waals surface area contributed by atoms with Gasteiger partial charge >= 0.3 is 5.97 Å². The van der Waals surface area contributed by atoms with Crippen molar-refractivity contribution in [3.05, 3.63) is 171 Å². The summed E-state index contributed by atoms with van der Waals surface area (Å²) in [6.45, 7) is 5.82. The van der Waals surface area contributed by atoms with Gasteiger partial charge in [-0.1, -0.05) is 109 Å². The van der Waals surface area contributed by atoms with Gasteiger partial charge in [-0.05, 0) is 115 Å². The van der Waals surface area contributed by atoms with Crippen LogP contribution in [-0.4, -0.2) is 50.4 Å². The van der Waals surface area contributed by atoms with Gasteiger partial charge in [-0.2, -0.15) is 0 Å². The number of hydrogen-bond donors (Lipinski definition) is 0. The first-order chi connectivity index (χ1) is 25.0. The minimum atomic E-state index is -0.602. The molecule has 0 heterocycles. The topological polar surface area (TPSA) is 48.0 Å². The van der Waals surface area contributed by atoms with E-state index in [0.29, 0.717) is 26.2 Å². The molecule has 6 rings (SSSR count). The van der Waals surface area contributed by atoms with E-state index in [2.05, 4.69) is 109 Å². The zero-order chi connectivity index (χ0) is 35.4. The van der Waals surface area contributed by atoms with Crippen molar-refractivity contribution in [1.82, 2.24) is 4.90 Å². The number of carbonyl (C=O) groups excluding carboxylic acids is 1. The first-order valence-corrected chi connectivity index (χ1v) is 18.5. The fraction of sp³-hybridized carbons (Fsp3) is 0.326. The van der Waals surface area contributed by atoms with Gasteiger partial charge in [-0.15, -0.1) is 0 Å². The Morgan fingerprint density at radius 3 is 1.92 bits per heavy atom. The molecule has 2 atom stereocenters. The van der Waals surface area contributed by atoms with Gasteiger partial charge in [-0.3, -0.25) is 4.90 Å². The molecule has 0 spiro atoms. The van der Waals surface area contributed by atoms with E-state index in [1.54, 1.807) is 0 Å². The van der Waals surface area contributed by atoms with Crippen molar-refractivity contribution >= 4 is 5.97 Å². The quantitative estimate of drug-likeness (QED) is 0.0975. The third kappa shape index (κ3) is 9.75. The summed E-state index contributed by atoms with van der Waals surface area (Å²) in [5.41, 5.74) is 12.1. The second kappa shape index (κ2) is 18.0. The summed E-state index contributed by atoms with van der Waals surface area (Å²) in [5.74, 6) is 0.492. The number of rotatable bonds is 16. The van der Waals surface area contributed by atoms with Crippen LogP contribution < -0.4 is 4.74 Å². The number of likely N-dealkylation sites (N-methyl/N-ethyl adjacent to an activating group) is 1. The SMILES string of the molecule is CCOC(=O)C(Cc1ccc(OCCN(C)C2c3ccc(CCc4ccccc4)cc3CCc3cc(Cc4ccccc4)ccc32)cc1)OCC. The molecule has 0 saturated carbocycles. The molecule has 5 nitrogen and oxygen atoms in total. The van der Waals surface area contributed by atoms with Crippen LogP contribution in [0.5, 0.6) is 5.75 Å². The summed E-state index contributed by atoms with van der Waals surface area (Å²) in [5, 5.41) is 0. The van der Waals surface area contributed by atoms with Gasteiger partial charge in [0.25, 0.3) is 0 Å². The summed E-state index contributed by atoms with van der Waals surface area (Å²) in [6.07, 6.45) is 4.94. The second-order valence-electron chi connectivity index (χ2n) is 13.5. The van der Waals surface area contributed by atoms with E-state index in [0.717, 1.165) is 50.0 Å². The second-order valence-corrected chi connectivity index (χ2v) is 13.5. The molecule has 0 saturated heterocycles. The molecule has 0 amide bonds. The van der Waals surface area contributed by atoms with Gasteiger partial charge < -0.3 is 14.2 Å². The van der Waals surface area contributed by atoms with E-state index in [-0.39, 0.29) is 12.0 Å². The van der Waals surface area contributed by atoms with Crippen LogP contribution in [0.25, 0.3) is 0 Å². The number of aryl methyl sites for hydroxylation is 4. The van der Waals surface area contributed by atoms with Crippen LogP contribution in [0.1, 0.15) is 70.0 Å². The van der Waals surface area contributed by atoms with Gasteiger partial charge in [0.15, 0.2) is 6.10 Å². The van der Waals surface area contributed by atoms with Gasteiger partial charge in [-0.25, -0.2) is 4.79 Å². The lowest BCUT2D eigenvalue weighted by Crippen LogP contribution is -2.30. The number of hydrogen-bond acceptors (Lipinski definition) is 5. The average Bonchev–Trinajstić information content (AvgIpc) is 3.31. The number of ether oxygens (including phenoxy) is 3. The van der Waals surface area contributed by atoms with Crippen LogP contribution in [0, 0.1) is 0 Å². The lowest BCUT2D eigenvalue weighted by molar-refractivity contribution is -0.156. The van der Waals surface area contributed by atoms with E-state index < -0.39 is 6.10 Å². The molecule has 0 N–H and O–H groups in total. The Hall–Kier alpha value is -4.71. The highest BCUT2D eigenvalue weighted by atomic mass is 16.6. The molecule has 0 fully saturated rings. The first kappa shape index (κ1) is 36.1. The Morgan fingerprint density at radius 1 is 0.686 bits per heavy atom. The fourth-order valence-corrected chi connectivity index (χ4v) is 7.25. The van der Waals surface area contributed by atoms with Crippen LogP contribution in [0.3, 0.4) is 0 Å². The minimum absolute atomic E-state index is 0.135. The van der Waals surface area contributed by atoms with Crippen molar-refractivity contribution in [1.29, 1.82) is 0 Å². The maximum absolute atomic E-state index is 12.3. The van der Waals surface area contributed by atoms with Gasteiger partial charge in [0.1, 0.15) is 12.4 Å². The highest BCUT2D eigenvalue weighted by Gasteiger charge is 2.28. The normalized spacial score (nSPS) is 14.3. The minimum Gasteiger partial charge on any atom is -0.492 e. The zero-order valence-corrected chi connectivity index (χ0v) is 30.4. The summed E-state index contributed by atoms with van der Waals surface area (Å²) < 4.78 is 17.1. The molecular weight excluding hydrogens is 631 g/mol. The Bertz CT molecular complexity index is 1840. The molecule has 51 heavy (non-hydrogen) atoms. The van der Waals surface area contributed by atoms with E-state index in [1.807, 2.05) is 38.1 Å². The lowest BCUT2D eigenvalue weighted by atomic mass is 9.90. The standard InChI is InChI=1S/C46H51NO4/c1-4-49-44(46(48)50-5-2)33-37-18-24-41(25-19-37)51-29-28-47(3)45-42-26-20-36(17-16-34-12-8-6-9-13-34)31-39(42)22-23-40-32-38(21-27-43(40)45)30-35-14-10-7-11-15-35/h6-15,18-21,24-27,31-32,44-45H,4-5,16-17,22-23,28-30,33H2,1-3H3. The van der Waals surface area contributed by atoms with E-state index in [9.17, 15) is 4.79 Å². The molecule has 0 bridgehead atoms. The maximum Gasteiger partial charge on any atom is 0.335 e. The predicted molar refractivity (Wildman–Crippen MR) is 206 cm³/mol. The van der Waals surface area contributed by atoms with Crippen LogP contribution in [0.4, 0.5) is 0 Å². The third-order valence-corrected chi connectivity index (χ3v) is 9.88. The van der Waals surface area contributed by atoms with Crippen molar-refractivity contribution in [3.8, 4) is 5.75 Å². The first-order valence-electron chi connectivity index (χ1n) is 18.5. The number of esters is 1. The van der Waals surface area contributed by atoms with Crippen LogP contribution in [0.2, 0.25) is 0 Å². The fourth-order valence-electron chi connectivity index (χ4n) is 7.25. The Labute approximate surface area is 304 Å². The van der Waals surface area contributed by atoms with E-state index in [1.165, 1.54) is 44.5 Å². The Balaban J connectivity index is 1.17. The van der Waals surface area contributed by atoms with Crippen LogP contribution >= 0.6 is 0 Å². The van der Waals surface area contributed by atoms with Crippen molar-refractivity contribution < 1.29 is 19.0 Å². The predicted octanol–water partition coefficient (Wildman–Crippen LogP) is 8.77. The van der Waals surface area contributed by atoms with Gasteiger partial charge in [0.2, 0.25) is 0 Å². The highest BCUT2D eigenvalue weighted by Crippen LogP contribution is 2.37. The van der Waals surface area contributed by atoms with Crippen LogP contribution in [0.15, 0.2) is 121 Å². The smallest absolute Gasteiger partial charge is 0.335 e. The average molecular weight is 682 g/mol. The number of nitrogens with zero attached hydrogens (tertiary/aromatic N) is 1. The Kier molecular flexibility index (Phi) is 12.7. The number of fused-ring (bicyclic) bond motifs is 2. The molecule has 5 aromatic rings. The largest absolute Gasteiger partial charge is 0.492 e. The van der Waals surface area contributed by atoms with Gasteiger partial charge in [0.05, 0.1) is 12.6 Å². The summed E-state index contributed by atoms with van der Waals surface area (Å²) >= 11 is 0. The maximum atomic E-state index is 12.3. The number of carbonyl (C=O) groups is 1. The highest BCUT2D eigenvalue weighted by molar-refractivity contribution is 5.75. The molecule has 5 heteroatoms. The molecular formula is C46H51NO4. The molecule has 0 radical (unpaired) electrons. The molecule has 0 aliphatic heterocycles. The van der Waals surface area contributed by atoms with Crippen molar-refractivity contribution in [2.24, 2.45) is 0 Å². The van der Waals surface area contributed by atoms with Crippen molar-refractivity contribution in [3.63, 3.8) is 0 Å². The summed E-state index contributed by atoms with van der Waals surface area (Å²) in [7, 11) is 2.22.